The highest BCUT2D eigenvalue weighted by atomic mass is 32.2. The predicted molar refractivity (Wildman–Crippen MR) is 99.5 cm³/mol. The smallest absolute Gasteiger partial charge is 0.253 e. The highest BCUT2D eigenvalue weighted by Crippen LogP contribution is 2.36. The number of anilines is 1. The minimum absolute atomic E-state index is 0.0159. The minimum atomic E-state index is -0.246. The summed E-state index contributed by atoms with van der Waals surface area (Å²) < 4.78 is 4.91. The molecule has 7 nitrogen and oxygen atoms in total. The second kappa shape index (κ2) is 8.55. The molecular formula is C18H23N3O4S. The molecule has 1 N–H and O–H groups in total. The molecule has 1 aromatic carbocycles. The summed E-state index contributed by atoms with van der Waals surface area (Å²) >= 11 is 1.43. The molecule has 0 bridgehead atoms. The fraction of sp³-hybridized carbons (Fsp3) is 0.500. The summed E-state index contributed by atoms with van der Waals surface area (Å²) in [5, 5.41) is 2.72. The third-order valence-electron chi connectivity index (χ3n) is 4.47. The molecule has 3 rings (SSSR count). The zero-order valence-electron chi connectivity index (χ0n) is 14.8. The van der Waals surface area contributed by atoms with Crippen molar-refractivity contribution in [2.24, 2.45) is 0 Å². The lowest BCUT2D eigenvalue weighted by atomic mass is 10.1. The van der Waals surface area contributed by atoms with Gasteiger partial charge in [0.15, 0.2) is 0 Å². The van der Waals surface area contributed by atoms with Crippen molar-refractivity contribution in [3.05, 3.63) is 23.8 Å². The zero-order valence-corrected chi connectivity index (χ0v) is 15.6. The van der Waals surface area contributed by atoms with Gasteiger partial charge >= 0.3 is 0 Å². The average Bonchev–Trinajstić information content (AvgIpc) is 3.18. The van der Waals surface area contributed by atoms with Crippen LogP contribution < -0.4 is 10.2 Å². The number of benzene rings is 1. The van der Waals surface area contributed by atoms with Crippen LogP contribution in [0.25, 0.3) is 0 Å². The Morgan fingerprint density at radius 2 is 2.04 bits per heavy atom. The third kappa shape index (κ3) is 4.19. The van der Waals surface area contributed by atoms with Gasteiger partial charge in [-0.15, -0.1) is 11.8 Å². The van der Waals surface area contributed by atoms with Gasteiger partial charge in [-0.25, -0.2) is 0 Å². The highest BCUT2D eigenvalue weighted by Gasteiger charge is 2.28. The number of hydrogen-bond acceptors (Lipinski definition) is 5. The van der Waals surface area contributed by atoms with Gasteiger partial charge in [-0.2, -0.15) is 0 Å². The fourth-order valence-electron chi connectivity index (χ4n) is 3.10. The van der Waals surface area contributed by atoms with Crippen molar-refractivity contribution in [3.63, 3.8) is 0 Å². The lowest BCUT2D eigenvalue weighted by molar-refractivity contribution is -0.123. The molecule has 2 heterocycles. The van der Waals surface area contributed by atoms with Crippen LogP contribution in [-0.4, -0.2) is 68.3 Å². The van der Waals surface area contributed by atoms with E-state index in [0.29, 0.717) is 24.4 Å². The van der Waals surface area contributed by atoms with E-state index in [9.17, 15) is 14.4 Å². The Morgan fingerprint density at radius 3 is 2.77 bits per heavy atom. The van der Waals surface area contributed by atoms with Gasteiger partial charge < -0.3 is 19.9 Å². The molecule has 2 aliphatic rings. The summed E-state index contributed by atoms with van der Waals surface area (Å²) in [6.45, 7) is 2.30. The van der Waals surface area contributed by atoms with Crippen LogP contribution in [0.2, 0.25) is 0 Å². The summed E-state index contributed by atoms with van der Waals surface area (Å²) in [5.41, 5.74) is 1.20. The summed E-state index contributed by atoms with van der Waals surface area (Å²) in [4.78, 5) is 41.3. The first-order valence-corrected chi connectivity index (χ1v) is 9.71. The molecule has 0 unspecified atom stereocenters. The van der Waals surface area contributed by atoms with Gasteiger partial charge in [-0.3, -0.25) is 14.4 Å². The Labute approximate surface area is 157 Å². The number of nitrogens with one attached hydrogen (secondary N) is 1. The maximum atomic E-state index is 12.6. The summed E-state index contributed by atoms with van der Waals surface area (Å²) in [5.74, 6) is -0.102. The van der Waals surface area contributed by atoms with Crippen molar-refractivity contribution in [2.75, 3.05) is 50.5 Å². The Morgan fingerprint density at radius 1 is 1.27 bits per heavy atom. The Hall–Kier alpha value is -2.06. The number of fused-ring (bicyclic) bond motifs is 1. The van der Waals surface area contributed by atoms with Gasteiger partial charge in [-0.05, 0) is 31.0 Å². The Bertz CT molecular complexity index is 704. The highest BCUT2D eigenvalue weighted by molar-refractivity contribution is 8.00. The number of carbonyl (C=O) groups is 3. The second-order valence-corrected chi connectivity index (χ2v) is 7.31. The Kier molecular flexibility index (Phi) is 6.16. The van der Waals surface area contributed by atoms with Gasteiger partial charge in [0.25, 0.3) is 5.91 Å². The van der Waals surface area contributed by atoms with Crippen molar-refractivity contribution in [1.82, 2.24) is 10.2 Å². The van der Waals surface area contributed by atoms with Crippen molar-refractivity contribution < 1.29 is 19.1 Å². The molecule has 1 aromatic rings. The van der Waals surface area contributed by atoms with Crippen molar-refractivity contribution in [2.45, 2.75) is 17.7 Å². The summed E-state index contributed by atoms with van der Waals surface area (Å²) in [6.07, 6.45) is 2.05. The molecule has 2 aliphatic heterocycles. The van der Waals surface area contributed by atoms with E-state index in [1.807, 2.05) is 11.0 Å². The van der Waals surface area contributed by atoms with Crippen LogP contribution in [0.15, 0.2) is 23.1 Å². The molecule has 0 saturated carbocycles. The average molecular weight is 377 g/mol. The van der Waals surface area contributed by atoms with E-state index in [1.165, 1.54) is 16.7 Å². The van der Waals surface area contributed by atoms with Crippen LogP contribution in [-0.2, 0) is 14.3 Å². The second-order valence-electron chi connectivity index (χ2n) is 6.29. The molecular weight excluding hydrogens is 354 g/mol. The standard InChI is InChI=1S/C18H23N3O4S/c1-25-9-6-19-16(22)11-21-14-10-13(18(24)20-7-2-3-8-20)4-5-15(14)26-12-17(21)23/h4-5,10H,2-3,6-9,11-12H2,1H3,(H,19,22). The van der Waals surface area contributed by atoms with Crippen LogP contribution in [0.4, 0.5) is 5.69 Å². The quantitative estimate of drug-likeness (QED) is 0.752. The number of amides is 3. The van der Waals surface area contributed by atoms with Crippen LogP contribution >= 0.6 is 11.8 Å². The normalized spacial score (nSPS) is 16.6. The molecule has 8 heteroatoms. The van der Waals surface area contributed by atoms with Gasteiger partial charge in [0.2, 0.25) is 11.8 Å². The van der Waals surface area contributed by atoms with Crippen molar-refractivity contribution in [1.29, 1.82) is 0 Å². The van der Waals surface area contributed by atoms with E-state index in [0.717, 1.165) is 30.8 Å². The number of hydrogen-bond donors (Lipinski definition) is 1. The number of nitrogens with zero attached hydrogens (tertiary/aromatic N) is 2. The van der Waals surface area contributed by atoms with Crippen LogP contribution in [0.3, 0.4) is 0 Å². The zero-order chi connectivity index (χ0) is 18.5. The summed E-state index contributed by atoms with van der Waals surface area (Å²) in [7, 11) is 1.56. The van der Waals surface area contributed by atoms with E-state index in [1.54, 1.807) is 19.2 Å². The largest absolute Gasteiger partial charge is 0.383 e. The van der Waals surface area contributed by atoms with Gasteiger partial charge in [0, 0.05) is 37.2 Å². The van der Waals surface area contributed by atoms with Crippen molar-refractivity contribution >= 4 is 35.2 Å². The van der Waals surface area contributed by atoms with Crippen LogP contribution in [0.1, 0.15) is 23.2 Å². The lowest BCUT2D eigenvalue weighted by Gasteiger charge is -2.29. The molecule has 3 amide bonds. The molecule has 0 atom stereocenters. The molecule has 0 radical (unpaired) electrons. The van der Waals surface area contributed by atoms with Gasteiger partial charge in [0.1, 0.15) is 6.54 Å². The fourth-order valence-corrected chi connectivity index (χ4v) is 4.02. The van der Waals surface area contributed by atoms with E-state index < -0.39 is 0 Å². The maximum absolute atomic E-state index is 12.6. The first kappa shape index (κ1) is 18.7. The number of rotatable bonds is 6. The molecule has 140 valence electrons. The molecule has 0 aliphatic carbocycles. The minimum Gasteiger partial charge on any atom is -0.383 e. The molecule has 0 spiro atoms. The summed E-state index contributed by atoms with van der Waals surface area (Å²) in [6, 6.07) is 5.41. The number of carbonyl (C=O) groups excluding carboxylic acids is 3. The van der Waals surface area contributed by atoms with Gasteiger partial charge in [-0.1, -0.05) is 0 Å². The molecule has 26 heavy (non-hydrogen) atoms. The number of thioether (sulfide) groups is 1. The SMILES string of the molecule is COCCNC(=O)CN1C(=O)CSc2ccc(C(=O)N3CCCC3)cc21. The number of methoxy groups -OCH3 is 1. The number of likely N-dealkylation sites (tertiary alicyclic amines) is 1. The van der Waals surface area contributed by atoms with E-state index in [4.69, 9.17) is 4.74 Å². The maximum Gasteiger partial charge on any atom is 0.253 e. The molecule has 1 saturated heterocycles. The van der Waals surface area contributed by atoms with Crippen LogP contribution in [0.5, 0.6) is 0 Å². The van der Waals surface area contributed by atoms with Crippen LogP contribution in [0, 0.1) is 0 Å². The lowest BCUT2D eigenvalue weighted by Crippen LogP contribution is -2.44. The first-order valence-electron chi connectivity index (χ1n) is 8.72. The van der Waals surface area contributed by atoms with E-state index >= 15 is 0 Å². The number of ether oxygens (including phenoxy) is 1. The molecule has 0 aromatic heterocycles. The Balaban J connectivity index is 1.78. The van der Waals surface area contributed by atoms with Crippen molar-refractivity contribution in [3.8, 4) is 0 Å². The topological polar surface area (TPSA) is 79.0 Å². The van der Waals surface area contributed by atoms with E-state index in [-0.39, 0.29) is 30.0 Å². The molecule has 1 fully saturated rings. The first-order chi connectivity index (χ1) is 12.6. The van der Waals surface area contributed by atoms with Gasteiger partial charge in [0.05, 0.1) is 18.0 Å². The predicted octanol–water partition coefficient (Wildman–Crippen LogP) is 1.12. The van der Waals surface area contributed by atoms with E-state index in [2.05, 4.69) is 5.32 Å². The third-order valence-corrected chi connectivity index (χ3v) is 5.52. The monoisotopic (exact) mass is 377 g/mol.